The number of hydrogen-bond donors (Lipinski definition) is 5. The third kappa shape index (κ3) is 25.2. The summed E-state index contributed by atoms with van der Waals surface area (Å²) in [6.45, 7) is 4.48. The number of hydrogen-bond acceptors (Lipinski definition) is 12. The van der Waals surface area contributed by atoms with Gasteiger partial charge in [0.25, 0.3) is 0 Å². The molecule has 0 radical (unpaired) electrons. The SMILES string of the molecule is CCCCCCCC(=O)OCC(COC(=O)CCCCCCC)(COC(=O)CCCCCCC)NC(=O)CCC(=O)NCC(=O)N1CCC[C@@H]1C(=O)N[C@@H](CCC(=O)O)C(=O)O. The first-order valence-corrected chi connectivity index (χ1v) is 22.8. The van der Waals surface area contributed by atoms with Gasteiger partial charge in [0.15, 0.2) is 0 Å². The lowest BCUT2D eigenvalue weighted by molar-refractivity contribution is -0.159. The number of nitrogens with one attached hydrogen (secondary N) is 3. The highest BCUT2D eigenvalue weighted by Crippen LogP contribution is 2.19. The number of amides is 4. The predicted octanol–water partition coefficient (Wildman–Crippen LogP) is 4.87. The molecule has 62 heavy (non-hydrogen) atoms. The summed E-state index contributed by atoms with van der Waals surface area (Å²) in [5.74, 6) is -7.02. The highest BCUT2D eigenvalue weighted by molar-refractivity contribution is 5.93. The number of carboxylic acids is 2. The highest BCUT2D eigenvalue weighted by Gasteiger charge is 2.38. The van der Waals surface area contributed by atoms with Crippen LogP contribution in [0.5, 0.6) is 0 Å². The number of unbranched alkanes of at least 4 members (excludes halogenated alkanes) is 12. The number of likely N-dealkylation sites (tertiary alicyclic amines) is 1. The molecular formula is C44H74N4O14. The van der Waals surface area contributed by atoms with Gasteiger partial charge in [0.1, 0.15) is 37.4 Å². The third-order valence-electron chi connectivity index (χ3n) is 10.5. The van der Waals surface area contributed by atoms with Crippen molar-refractivity contribution >= 4 is 53.5 Å². The number of aliphatic carboxylic acids is 2. The highest BCUT2D eigenvalue weighted by atomic mass is 16.6. The maximum Gasteiger partial charge on any atom is 0.326 e. The summed E-state index contributed by atoms with van der Waals surface area (Å²) < 4.78 is 16.8. The van der Waals surface area contributed by atoms with Crippen molar-refractivity contribution in [3.05, 3.63) is 0 Å². The Kier molecular flexibility index (Phi) is 29.3. The maximum atomic E-state index is 13.5. The van der Waals surface area contributed by atoms with E-state index < -0.39 is 117 Å². The zero-order chi connectivity index (χ0) is 46.2. The third-order valence-corrected chi connectivity index (χ3v) is 10.5. The molecule has 0 aromatic rings. The number of carbonyl (C=O) groups excluding carboxylic acids is 7. The molecule has 1 saturated heterocycles. The fourth-order valence-electron chi connectivity index (χ4n) is 6.80. The maximum absolute atomic E-state index is 13.5. The summed E-state index contributed by atoms with van der Waals surface area (Å²) in [6.07, 6.45) is 12.9. The van der Waals surface area contributed by atoms with E-state index in [9.17, 15) is 48.3 Å². The van der Waals surface area contributed by atoms with Crippen molar-refractivity contribution in [2.75, 3.05) is 32.9 Å². The Morgan fingerprint density at radius 3 is 1.50 bits per heavy atom. The minimum Gasteiger partial charge on any atom is -0.481 e. The Labute approximate surface area is 366 Å². The molecule has 354 valence electrons. The fourth-order valence-corrected chi connectivity index (χ4v) is 6.80. The van der Waals surface area contributed by atoms with Crippen LogP contribution in [-0.2, 0) is 57.4 Å². The van der Waals surface area contributed by atoms with Crippen molar-refractivity contribution in [1.29, 1.82) is 0 Å². The molecule has 0 aromatic heterocycles. The van der Waals surface area contributed by atoms with Crippen molar-refractivity contribution in [2.45, 2.75) is 192 Å². The predicted molar refractivity (Wildman–Crippen MR) is 227 cm³/mol. The fraction of sp³-hybridized carbons (Fsp3) is 0.795. The minimum atomic E-state index is -1.67. The van der Waals surface area contributed by atoms with Gasteiger partial charge < -0.3 is 45.3 Å². The molecule has 1 heterocycles. The summed E-state index contributed by atoms with van der Waals surface area (Å²) in [4.78, 5) is 115. The largest absolute Gasteiger partial charge is 0.481 e. The van der Waals surface area contributed by atoms with E-state index in [4.69, 9.17) is 19.3 Å². The monoisotopic (exact) mass is 883 g/mol. The van der Waals surface area contributed by atoms with Gasteiger partial charge in [-0.05, 0) is 38.5 Å². The van der Waals surface area contributed by atoms with E-state index in [1.54, 1.807) is 0 Å². The number of rotatable bonds is 36. The molecule has 18 heteroatoms. The Balaban J connectivity index is 3.03. The van der Waals surface area contributed by atoms with Crippen molar-refractivity contribution < 1.29 is 67.6 Å². The van der Waals surface area contributed by atoms with Gasteiger partial charge >= 0.3 is 29.8 Å². The first-order chi connectivity index (χ1) is 29.7. The van der Waals surface area contributed by atoms with E-state index in [0.29, 0.717) is 25.7 Å². The molecule has 4 amide bonds. The lowest BCUT2D eigenvalue weighted by atomic mass is 10.0. The Hall–Kier alpha value is -4.77. The molecule has 1 aliphatic heterocycles. The van der Waals surface area contributed by atoms with Crippen molar-refractivity contribution in [3.8, 4) is 0 Å². The normalized spacial score (nSPS) is 14.0. The number of carbonyl (C=O) groups is 9. The molecule has 0 aromatic carbocycles. The number of ether oxygens (including phenoxy) is 3. The molecule has 0 spiro atoms. The average molecular weight is 883 g/mol. The van der Waals surface area contributed by atoms with E-state index in [1.165, 1.54) is 4.90 Å². The van der Waals surface area contributed by atoms with Gasteiger partial charge in [-0.1, -0.05) is 97.8 Å². The molecule has 2 atom stereocenters. The molecule has 0 aliphatic carbocycles. The summed E-state index contributed by atoms with van der Waals surface area (Å²) in [5, 5.41) is 25.8. The molecule has 1 aliphatic rings. The van der Waals surface area contributed by atoms with Crippen LogP contribution in [0.15, 0.2) is 0 Å². The van der Waals surface area contributed by atoms with Crippen LogP contribution < -0.4 is 16.0 Å². The standard InChI is InChI=1S/C44H74N4O14/c1-4-7-10-13-16-21-39(54)60-30-44(31-61-40(55)22-17-14-11-8-5-2,32-62-41(56)23-18-15-12-9-6-3)47-36(50)26-25-35(49)45-29-37(51)48-28-19-20-34(48)42(57)46-33(43(58)59)24-27-38(52)53/h33-34H,4-32H2,1-3H3,(H,45,49)(H,46,57)(H,47,50)(H,52,53)(H,58,59)/t33-,34+/m0/s1. The minimum absolute atomic E-state index is 0.125. The van der Waals surface area contributed by atoms with Gasteiger partial charge in [-0.15, -0.1) is 0 Å². The van der Waals surface area contributed by atoms with E-state index >= 15 is 0 Å². The van der Waals surface area contributed by atoms with Crippen molar-refractivity contribution in [2.24, 2.45) is 0 Å². The number of esters is 3. The first kappa shape index (κ1) is 55.2. The number of carboxylic acid groups (broad SMARTS) is 2. The van der Waals surface area contributed by atoms with Crippen LogP contribution in [0.25, 0.3) is 0 Å². The molecule has 1 rings (SSSR count). The quantitative estimate of drug-likeness (QED) is 0.0320. The lowest BCUT2D eigenvalue weighted by Gasteiger charge is -2.33. The molecule has 0 saturated carbocycles. The van der Waals surface area contributed by atoms with Crippen LogP contribution in [0.3, 0.4) is 0 Å². The van der Waals surface area contributed by atoms with Crippen molar-refractivity contribution in [3.63, 3.8) is 0 Å². The molecule has 1 fully saturated rings. The van der Waals surface area contributed by atoms with Gasteiger partial charge in [-0.3, -0.25) is 38.4 Å². The zero-order valence-corrected chi connectivity index (χ0v) is 37.4. The first-order valence-electron chi connectivity index (χ1n) is 22.8. The summed E-state index contributed by atoms with van der Waals surface area (Å²) in [7, 11) is 0. The second-order valence-corrected chi connectivity index (χ2v) is 16.2. The summed E-state index contributed by atoms with van der Waals surface area (Å²) in [6, 6.07) is -2.49. The number of nitrogens with zero attached hydrogens (tertiary/aromatic N) is 1. The summed E-state index contributed by atoms with van der Waals surface area (Å²) >= 11 is 0. The van der Waals surface area contributed by atoms with Gasteiger partial charge in [0, 0.05) is 45.1 Å². The van der Waals surface area contributed by atoms with Crippen LogP contribution in [-0.4, -0.2) is 119 Å². The Morgan fingerprint density at radius 1 is 0.613 bits per heavy atom. The van der Waals surface area contributed by atoms with Crippen LogP contribution in [0.2, 0.25) is 0 Å². The van der Waals surface area contributed by atoms with E-state index in [2.05, 4.69) is 36.7 Å². The second kappa shape index (κ2) is 32.9. The van der Waals surface area contributed by atoms with Crippen LogP contribution >= 0.6 is 0 Å². The van der Waals surface area contributed by atoms with Crippen LogP contribution in [0.4, 0.5) is 0 Å². The Bertz CT molecular complexity index is 1350. The molecular weight excluding hydrogens is 808 g/mol. The van der Waals surface area contributed by atoms with Gasteiger partial charge in [-0.25, -0.2) is 4.79 Å². The second-order valence-electron chi connectivity index (χ2n) is 16.2. The molecule has 0 bridgehead atoms. The topological polar surface area (TPSA) is 261 Å². The van der Waals surface area contributed by atoms with E-state index in [-0.39, 0.29) is 38.6 Å². The van der Waals surface area contributed by atoms with Crippen LogP contribution in [0, 0.1) is 0 Å². The molecule has 5 N–H and O–H groups in total. The van der Waals surface area contributed by atoms with Crippen molar-refractivity contribution in [1.82, 2.24) is 20.9 Å². The smallest absolute Gasteiger partial charge is 0.326 e. The van der Waals surface area contributed by atoms with Gasteiger partial charge in [0.05, 0.1) is 6.54 Å². The van der Waals surface area contributed by atoms with E-state index in [0.717, 1.165) is 77.0 Å². The Morgan fingerprint density at radius 2 is 1.06 bits per heavy atom. The lowest BCUT2D eigenvalue weighted by Crippen LogP contribution is -2.59. The average Bonchev–Trinajstić information content (AvgIpc) is 3.74. The molecule has 0 unspecified atom stereocenters. The van der Waals surface area contributed by atoms with Gasteiger partial charge in [0.2, 0.25) is 23.6 Å². The van der Waals surface area contributed by atoms with Crippen LogP contribution in [0.1, 0.15) is 175 Å². The van der Waals surface area contributed by atoms with Gasteiger partial charge in [-0.2, -0.15) is 0 Å². The molecule has 18 nitrogen and oxygen atoms in total. The van der Waals surface area contributed by atoms with E-state index in [1.807, 2.05) is 0 Å². The zero-order valence-electron chi connectivity index (χ0n) is 37.4. The summed E-state index contributed by atoms with van der Waals surface area (Å²) in [5.41, 5.74) is -1.67.